The summed E-state index contributed by atoms with van der Waals surface area (Å²) in [4.78, 5) is 8.90. The van der Waals surface area contributed by atoms with Crippen LogP contribution < -0.4 is 15.9 Å². The zero-order valence-corrected chi connectivity index (χ0v) is 15.7. The first-order chi connectivity index (χ1) is 12.8. The van der Waals surface area contributed by atoms with Gasteiger partial charge in [-0.3, -0.25) is 0 Å². The first kappa shape index (κ1) is 20.9. The van der Waals surface area contributed by atoms with E-state index in [0.29, 0.717) is 0 Å². The van der Waals surface area contributed by atoms with Crippen LogP contribution in [0, 0.1) is 0 Å². The molecule has 0 bridgehead atoms. The molecule has 3 aromatic carbocycles. The zero-order valence-electron chi connectivity index (χ0n) is 14.0. The van der Waals surface area contributed by atoms with E-state index in [-0.39, 0.29) is 0 Å². The summed E-state index contributed by atoms with van der Waals surface area (Å²) in [5.41, 5.74) is 0. The molecule has 0 heterocycles. The van der Waals surface area contributed by atoms with Crippen molar-refractivity contribution < 1.29 is 23.1 Å². The smallest absolute Gasteiger partial charge is 0.475 e. The lowest BCUT2D eigenvalue weighted by Crippen LogP contribution is -2.24. The van der Waals surface area contributed by atoms with E-state index in [4.69, 9.17) is 21.7 Å². The van der Waals surface area contributed by atoms with Crippen molar-refractivity contribution in [2.24, 2.45) is 0 Å². The van der Waals surface area contributed by atoms with Crippen molar-refractivity contribution in [3.8, 4) is 0 Å². The van der Waals surface area contributed by atoms with Gasteiger partial charge in [-0.2, -0.15) is 13.2 Å². The largest absolute Gasteiger partial charge is 0.490 e. The Bertz CT molecular complexity index is 811. The van der Waals surface area contributed by atoms with Crippen molar-refractivity contribution in [2.45, 2.75) is 6.18 Å². The number of alkyl halides is 3. The van der Waals surface area contributed by atoms with Gasteiger partial charge in [0.15, 0.2) is 0 Å². The maximum absolute atomic E-state index is 10.6. The highest BCUT2D eigenvalue weighted by Crippen LogP contribution is 2.42. The van der Waals surface area contributed by atoms with Crippen molar-refractivity contribution in [3.05, 3.63) is 91.0 Å². The molecule has 0 amide bonds. The molecule has 3 aromatic rings. The van der Waals surface area contributed by atoms with E-state index in [2.05, 4.69) is 72.8 Å². The van der Waals surface area contributed by atoms with Crippen molar-refractivity contribution in [1.29, 1.82) is 0 Å². The van der Waals surface area contributed by atoms with Crippen LogP contribution in [-0.4, -0.2) is 17.3 Å². The highest BCUT2D eigenvalue weighted by Gasteiger charge is 2.38. The summed E-state index contributed by atoms with van der Waals surface area (Å²) in [6, 6.07) is 29.5. The molecule has 0 unspecified atom stereocenters. The second kappa shape index (κ2) is 8.98. The molecular weight excluding hydrogens is 392 g/mol. The monoisotopic (exact) mass is 408 g/mol. The maximum Gasteiger partial charge on any atom is 0.490 e. The Kier molecular flexibility index (Phi) is 6.94. The van der Waals surface area contributed by atoms with Crippen LogP contribution in [0.5, 0.6) is 0 Å². The number of halogens is 3. The van der Waals surface area contributed by atoms with Gasteiger partial charge in [0, 0.05) is 6.04 Å². The van der Waals surface area contributed by atoms with E-state index in [9.17, 15) is 13.2 Å². The Morgan fingerprint density at radius 3 is 1.11 bits per heavy atom. The van der Waals surface area contributed by atoms with Gasteiger partial charge in [0.05, 0.1) is 0 Å². The summed E-state index contributed by atoms with van der Waals surface area (Å²) < 4.78 is 31.7. The van der Waals surface area contributed by atoms with Crippen LogP contribution in [0.3, 0.4) is 0 Å². The molecule has 0 radical (unpaired) electrons. The second-order valence-electron chi connectivity index (χ2n) is 5.42. The maximum atomic E-state index is 10.6. The van der Waals surface area contributed by atoms with Gasteiger partial charge in [0.25, 0.3) is 0 Å². The predicted octanol–water partition coefficient (Wildman–Crippen LogP) is 4.08. The Morgan fingerprint density at radius 1 is 0.704 bits per heavy atom. The van der Waals surface area contributed by atoms with Crippen molar-refractivity contribution in [2.75, 3.05) is 0 Å². The zero-order chi connectivity index (χ0) is 19.9. The fourth-order valence-corrected chi connectivity index (χ4v) is 6.13. The average molecular weight is 408 g/mol. The Labute approximate surface area is 160 Å². The van der Waals surface area contributed by atoms with Gasteiger partial charge in [-0.1, -0.05) is 103 Å². The molecule has 0 aromatic heterocycles. The molecule has 0 spiro atoms. The molecule has 0 saturated carbocycles. The fraction of sp³-hybridized carbons (Fsp3) is 0.0500. The summed E-state index contributed by atoms with van der Waals surface area (Å²) in [5, 5.41) is 10.9. The Hall–Kier alpha value is -2.43. The third-order valence-corrected chi connectivity index (χ3v) is 8.58. The minimum atomic E-state index is -5.08. The number of carbonyl (C=O) groups is 1. The minimum absolute atomic E-state index is 1.24. The van der Waals surface area contributed by atoms with Crippen LogP contribution in [-0.2, 0) is 16.6 Å². The minimum Gasteiger partial charge on any atom is -0.475 e. The molecule has 1 N–H and O–H groups in total. The van der Waals surface area contributed by atoms with Crippen LogP contribution in [0.2, 0.25) is 0 Å². The SMILES string of the molecule is O=C(O)C(F)(F)F.S=P(c1ccccc1)(c1ccccc1)c1ccccc1. The van der Waals surface area contributed by atoms with Crippen LogP contribution in [0.4, 0.5) is 13.2 Å². The van der Waals surface area contributed by atoms with Gasteiger partial charge in [-0.05, 0) is 15.9 Å². The molecule has 27 heavy (non-hydrogen) atoms. The quantitative estimate of drug-likeness (QED) is 0.664. The fourth-order valence-electron chi connectivity index (χ4n) is 2.36. The highest BCUT2D eigenvalue weighted by molar-refractivity contribution is 8.25. The van der Waals surface area contributed by atoms with Gasteiger partial charge < -0.3 is 5.11 Å². The molecule has 0 fully saturated rings. The third-order valence-electron chi connectivity index (χ3n) is 3.60. The van der Waals surface area contributed by atoms with E-state index < -0.39 is 18.2 Å². The first-order valence-electron chi connectivity index (χ1n) is 7.83. The molecule has 0 saturated heterocycles. The Morgan fingerprint density at radius 2 is 0.926 bits per heavy atom. The van der Waals surface area contributed by atoms with Crippen LogP contribution in [0.1, 0.15) is 0 Å². The lowest BCUT2D eigenvalue weighted by atomic mass is 10.4. The van der Waals surface area contributed by atoms with Gasteiger partial charge in [-0.15, -0.1) is 0 Å². The number of aliphatic carboxylic acids is 1. The van der Waals surface area contributed by atoms with E-state index >= 15 is 0 Å². The Balaban J connectivity index is 0.000000321. The summed E-state index contributed by atoms with van der Waals surface area (Å²) in [6.07, 6.45) is -5.08. The number of hydrogen-bond donors (Lipinski definition) is 1. The first-order valence-corrected chi connectivity index (χ1v) is 10.6. The van der Waals surface area contributed by atoms with Crippen molar-refractivity contribution >= 4 is 39.7 Å². The lowest BCUT2D eigenvalue weighted by Gasteiger charge is -2.23. The summed E-state index contributed by atoms with van der Waals surface area (Å²) >= 11 is 6.21. The van der Waals surface area contributed by atoms with Crippen LogP contribution in [0.25, 0.3) is 0 Å². The third kappa shape index (κ3) is 5.28. The molecule has 0 aliphatic rings. The molecule has 3 rings (SSSR count). The van der Waals surface area contributed by atoms with E-state index in [1.54, 1.807) is 0 Å². The molecule has 140 valence electrons. The summed E-state index contributed by atoms with van der Waals surface area (Å²) in [5.74, 6) is -2.76. The summed E-state index contributed by atoms with van der Waals surface area (Å²) in [7, 11) is 0. The van der Waals surface area contributed by atoms with Gasteiger partial charge in [-0.25, -0.2) is 4.79 Å². The number of benzene rings is 3. The second-order valence-corrected chi connectivity index (χ2v) is 9.83. The molecule has 0 aliphatic carbocycles. The molecule has 0 aliphatic heterocycles. The van der Waals surface area contributed by atoms with Gasteiger partial charge in [0.2, 0.25) is 0 Å². The highest BCUT2D eigenvalue weighted by atomic mass is 32.4. The van der Waals surface area contributed by atoms with E-state index in [1.807, 2.05) is 18.2 Å². The summed E-state index contributed by atoms with van der Waals surface area (Å²) in [6.45, 7) is 0. The molecule has 0 atom stereocenters. The van der Waals surface area contributed by atoms with Crippen molar-refractivity contribution in [3.63, 3.8) is 0 Å². The lowest BCUT2D eigenvalue weighted by molar-refractivity contribution is -0.192. The molecular formula is C20H16F3O2PS. The topological polar surface area (TPSA) is 37.3 Å². The van der Waals surface area contributed by atoms with Gasteiger partial charge >= 0.3 is 12.1 Å². The predicted molar refractivity (Wildman–Crippen MR) is 106 cm³/mol. The number of hydrogen-bond acceptors (Lipinski definition) is 2. The number of rotatable bonds is 3. The molecule has 2 nitrogen and oxygen atoms in total. The van der Waals surface area contributed by atoms with Crippen molar-refractivity contribution in [1.82, 2.24) is 0 Å². The van der Waals surface area contributed by atoms with Crippen LogP contribution in [0.15, 0.2) is 91.0 Å². The average Bonchev–Trinajstić information content (AvgIpc) is 2.69. The standard InChI is InChI=1S/C18H15PS.C2HF3O2/c20-19(16-10-4-1-5-11-16,17-12-6-2-7-13-17)18-14-8-3-9-15-18;3-2(4,5)1(6)7/h1-15H;(H,6,7). The molecule has 7 heteroatoms. The number of carboxylic acids is 1. The normalized spacial score (nSPS) is 11.2. The van der Waals surface area contributed by atoms with E-state index in [1.165, 1.54) is 15.9 Å². The number of carboxylic acid groups (broad SMARTS) is 1. The van der Waals surface area contributed by atoms with E-state index in [0.717, 1.165) is 0 Å². The van der Waals surface area contributed by atoms with Crippen LogP contribution >= 0.6 is 6.04 Å². The van der Waals surface area contributed by atoms with Gasteiger partial charge in [0.1, 0.15) is 0 Å².